The van der Waals surface area contributed by atoms with Gasteiger partial charge < -0.3 is 5.73 Å². The number of hydrogen-bond donors (Lipinski definition) is 1. The first-order valence-corrected chi connectivity index (χ1v) is 5.99. The van der Waals surface area contributed by atoms with Crippen molar-refractivity contribution in [1.82, 2.24) is 0 Å². The van der Waals surface area contributed by atoms with Crippen molar-refractivity contribution < 1.29 is 0 Å². The molecule has 0 aliphatic rings. The molecule has 72 valence electrons. The number of nitrogens with two attached hydrogens (primary N) is 1. The lowest BCUT2D eigenvalue weighted by Crippen LogP contribution is -2.09. The molecule has 0 bridgehead atoms. The maximum atomic E-state index is 6.12. The lowest BCUT2D eigenvalue weighted by atomic mass is 10.1. The van der Waals surface area contributed by atoms with E-state index < -0.39 is 0 Å². The van der Waals surface area contributed by atoms with Gasteiger partial charge in [-0.1, -0.05) is 34.1 Å². The van der Waals surface area contributed by atoms with Gasteiger partial charge in [0.2, 0.25) is 0 Å². The summed E-state index contributed by atoms with van der Waals surface area (Å²) in [6.45, 7) is 0. The van der Waals surface area contributed by atoms with E-state index in [1.165, 1.54) is 4.88 Å². The molecule has 0 radical (unpaired) electrons. The Hall–Kier alpha value is -0.640. The summed E-state index contributed by atoms with van der Waals surface area (Å²) in [6.07, 6.45) is 0. The largest absolute Gasteiger partial charge is 0.320 e. The number of thiophene rings is 1. The molecule has 1 nitrogen and oxygen atoms in total. The minimum Gasteiger partial charge on any atom is -0.320 e. The fraction of sp³-hybridized carbons (Fsp3) is 0.0909. The number of benzene rings is 1. The molecule has 1 aromatic heterocycles. The van der Waals surface area contributed by atoms with E-state index in [1.54, 1.807) is 11.3 Å². The van der Waals surface area contributed by atoms with E-state index in [9.17, 15) is 0 Å². The molecule has 0 saturated carbocycles. The van der Waals surface area contributed by atoms with Gasteiger partial charge in [-0.3, -0.25) is 0 Å². The van der Waals surface area contributed by atoms with Crippen LogP contribution in [0.15, 0.2) is 46.3 Å². The Morgan fingerprint density at radius 3 is 2.71 bits per heavy atom. The number of halogens is 1. The molecule has 0 aliphatic carbocycles. The van der Waals surface area contributed by atoms with Crippen LogP contribution in [0.25, 0.3) is 0 Å². The molecule has 1 heterocycles. The lowest BCUT2D eigenvalue weighted by Gasteiger charge is -2.09. The van der Waals surface area contributed by atoms with Crippen molar-refractivity contribution in [2.45, 2.75) is 6.04 Å². The first-order chi connectivity index (χ1) is 6.77. The van der Waals surface area contributed by atoms with E-state index in [0.29, 0.717) is 0 Å². The predicted molar refractivity (Wildman–Crippen MR) is 64.5 cm³/mol. The van der Waals surface area contributed by atoms with Crippen LogP contribution in [0.1, 0.15) is 16.5 Å². The van der Waals surface area contributed by atoms with Crippen LogP contribution in [0.4, 0.5) is 0 Å². The third-order valence-corrected chi connectivity index (χ3v) is 3.51. The summed E-state index contributed by atoms with van der Waals surface area (Å²) in [5.41, 5.74) is 7.26. The van der Waals surface area contributed by atoms with Crippen molar-refractivity contribution in [3.63, 3.8) is 0 Å². The van der Waals surface area contributed by atoms with E-state index in [-0.39, 0.29) is 6.04 Å². The summed E-state index contributed by atoms with van der Waals surface area (Å²) in [7, 11) is 0. The fourth-order valence-corrected chi connectivity index (χ4v) is 2.50. The minimum atomic E-state index is -0.00694. The summed E-state index contributed by atoms with van der Waals surface area (Å²) in [5.74, 6) is 0. The molecule has 0 amide bonds. The van der Waals surface area contributed by atoms with Crippen molar-refractivity contribution in [2.24, 2.45) is 5.73 Å². The Morgan fingerprint density at radius 1 is 1.21 bits per heavy atom. The molecule has 0 fully saturated rings. The second kappa shape index (κ2) is 4.26. The molecule has 1 aromatic carbocycles. The van der Waals surface area contributed by atoms with Gasteiger partial charge in [-0.15, -0.1) is 11.3 Å². The summed E-state index contributed by atoms with van der Waals surface area (Å²) in [6, 6.07) is 12.2. The Morgan fingerprint density at radius 2 is 2.07 bits per heavy atom. The van der Waals surface area contributed by atoms with Crippen LogP contribution in [0.5, 0.6) is 0 Å². The fourth-order valence-electron chi connectivity index (χ4n) is 1.33. The Labute approximate surface area is 95.7 Å². The molecule has 1 unspecified atom stereocenters. The van der Waals surface area contributed by atoms with Gasteiger partial charge in [-0.2, -0.15) is 0 Å². The van der Waals surface area contributed by atoms with E-state index in [2.05, 4.69) is 34.1 Å². The van der Waals surface area contributed by atoms with Crippen LogP contribution >= 0.6 is 27.3 Å². The molecule has 2 aromatic rings. The first kappa shape index (κ1) is 9.90. The zero-order valence-corrected chi connectivity index (χ0v) is 9.88. The second-order valence-corrected chi connectivity index (χ2v) is 4.94. The summed E-state index contributed by atoms with van der Waals surface area (Å²) in [4.78, 5) is 1.20. The van der Waals surface area contributed by atoms with Crippen molar-refractivity contribution >= 4 is 27.3 Å². The van der Waals surface area contributed by atoms with E-state index >= 15 is 0 Å². The highest BCUT2D eigenvalue weighted by Gasteiger charge is 2.09. The zero-order valence-electron chi connectivity index (χ0n) is 7.48. The Kier molecular flexibility index (Phi) is 3.01. The van der Waals surface area contributed by atoms with Gasteiger partial charge in [0.1, 0.15) is 0 Å². The van der Waals surface area contributed by atoms with Crippen molar-refractivity contribution in [3.05, 3.63) is 56.7 Å². The van der Waals surface area contributed by atoms with Gasteiger partial charge in [-0.05, 0) is 29.1 Å². The standard InChI is InChI=1S/C11H10BrNS/c12-9-4-1-3-8(7-9)11(13)10-5-2-6-14-10/h1-7,11H,13H2. The van der Waals surface area contributed by atoms with Crippen molar-refractivity contribution in [1.29, 1.82) is 0 Å². The molecule has 3 heteroatoms. The highest BCUT2D eigenvalue weighted by Crippen LogP contribution is 2.25. The van der Waals surface area contributed by atoms with Crippen LogP contribution in [0.2, 0.25) is 0 Å². The maximum Gasteiger partial charge on any atom is 0.0646 e. The molecule has 0 saturated heterocycles. The number of hydrogen-bond acceptors (Lipinski definition) is 2. The zero-order chi connectivity index (χ0) is 9.97. The van der Waals surface area contributed by atoms with Gasteiger partial charge in [-0.25, -0.2) is 0 Å². The van der Waals surface area contributed by atoms with Crippen LogP contribution in [-0.2, 0) is 0 Å². The van der Waals surface area contributed by atoms with Gasteiger partial charge in [0.05, 0.1) is 6.04 Å². The summed E-state index contributed by atoms with van der Waals surface area (Å²) < 4.78 is 1.07. The van der Waals surface area contributed by atoms with E-state index in [1.807, 2.05) is 23.6 Å². The Balaban J connectivity index is 2.32. The second-order valence-electron chi connectivity index (χ2n) is 3.05. The summed E-state index contributed by atoms with van der Waals surface area (Å²) >= 11 is 5.13. The SMILES string of the molecule is NC(c1cccc(Br)c1)c1cccs1. The molecule has 0 aliphatic heterocycles. The van der Waals surface area contributed by atoms with Gasteiger partial charge in [0.15, 0.2) is 0 Å². The monoisotopic (exact) mass is 267 g/mol. The van der Waals surface area contributed by atoms with Gasteiger partial charge >= 0.3 is 0 Å². The number of rotatable bonds is 2. The lowest BCUT2D eigenvalue weighted by molar-refractivity contribution is 0.892. The third kappa shape index (κ3) is 2.05. The predicted octanol–water partition coefficient (Wildman–Crippen LogP) is 3.56. The van der Waals surface area contributed by atoms with E-state index in [4.69, 9.17) is 5.73 Å². The first-order valence-electron chi connectivity index (χ1n) is 4.32. The molecule has 1 atom stereocenters. The quantitative estimate of drug-likeness (QED) is 0.885. The maximum absolute atomic E-state index is 6.12. The molecule has 2 N–H and O–H groups in total. The normalized spacial score (nSPS) is 12.7. The molecule has 14 heavy (non-hydrogen) atoms. The topological polar surface area (TPSA) is 26.0 Å². The van der Waals surface area contributed by atoms with Crippen LogP contribution in [0.3, 0.4) is 0 Å². The molecular weight excluding hydrogens is 258 g/mol. The average molecular weight is 268 g/mol. The van der Waals surface area contributed by atoms with Crippen LogP contribution in [-0.4, -0.2) is 0 Å². The minimum absolute atomic E-state index is 0.00694. The smallest absolute Gasteiger partial charge is 0.0646 e. The van der Waals surface area contributed by atoms with E-state index in [0.717, 1.165) is 10.0 Å². The third-order valence-electron chi connectivity index (χ3n) is 2.06. The highest BCUT2D eigenvalue weighted by molar-refractivity contribution is 9.10. The molecule has 2 rings (SSSR count). The molecular formula is C11H10BrNS. The highest BCUT2D eigenvalue weighted by atomic mass is 79.9. The van der Waals surface area contributed by atoms with Gasteiger partial charge in [0.25, 0.3) is 0 Å². The van der Waals surface area contributed by atoms with Gasteiger partial charge in [0, 0.05) is 9.35 Å². The molecule has 0 spiro atoms. The van der Waals surface area contributed by atoms with Crippen LogP contribution in [0, 0.1) is 0 Å². The Bertz CT molecular complexity index is 411. The van der Waals surface area contributed by atoms with Crippen molar-refractivity contribution in [3.8, 4) is 0 Å². The van der Waals surface area contributed by atoms with Crippen LogP contribution < -0.4 is 5.73 Å². The van der Waals surface area contributed by atoms with Crippen molar-refractivity contribution in [2.75, 3.05) is 0 Å². The average Bonchev–Trinajstić information content (AvgIpc) is 2.69. The summed E-state index contributed by atoms with van der Waals surface area (Å²) in [5, 5.41) is 2.05.